The minimum Gasteiger partial charge on any atom is -0.144 e. The second kappa shape index (κ2) is 5.00. The molecule has 0 aliphatic rings. The molecule has 0 aliphatic heterocycles. The van der Waals surface area contributed by atoms with Crippen molar-refractivity contribution >= 4 is 11.3 Å². The monoisotopic (exact) mass is 178 g/mol. The van der Waals surface area contributed by atoms with Crippen molar-refractivity contribution in [3.8, 4) is 12.3 Å². The van der Waals surface area contributed by atoms with Gasteiger partial charge in [0.2, 0.25) is 0 Å². The number of hydrogen-bond acceptors (Lipinski definition) is 1. The van der Waals surface area contributed by atoms with E-state index >= 15 is 0 Å². The molecule has 0 saturated heterocycles. The summed E-state index contributed by atoms with van der Waals surface area (Å²) >= 11 is 1.85. The summed E-state index contributed by atoms with van der Waals surface area (Å²) in [6.07, 6.45) is 9.78. The van der Waals surface area contributed by atoms with Crippen LogP contribution in [0.15, 0.2) is 12.1 Å². The fourth-order valence-corrected chi connectivity index (χ4v) is 2.11. The zero-order chi connectivity index (χ0) is 8.81. The molecule has 1 aromatic heterocycles. The molecule has 0 N–H and O–H groups in total. The van der Waals surface area contributed by atoms with Gasteiger partial charge >= 0.3 is 0 Å². The van der Waals surface area contributed by atoms with E-state index in [-0.39, 0.29) is 0 Å². The third-order valence-corrected chi connectivity index (χ3v) is 2.92. The first-order valence-corrected chi connectivity index (χ1v) is 5.19. The molecule has 0 aromatic carbocycles. The van der Waals surface area contributed by atoms with Gasteiger partial charge < -0.3 is 0 Å². The van der Waals surface area contributed by atoms with Crippen molar-refractivity contribution in [2.75, 3.05) is 0 Å². The van der Waals surface area contributed by atoms with Gasteiger partial charge in [-0.1, -0.05) is 13.3 Å². The van der Waals surface area contributed by atoms with Gasteiger partial charge in [0.25, 0.3) is 0 Å². The van der Waals surface area contributed by atoms with E-state index in [9.17, 15) is 0 Å². The van der Waals surface area contributed by atoms with Gasteiger partial charge in [-0.3, -0.25) is 0 Å². The van der Waals surface area contributed by atoms with Crippen LogP contribution in [0.2, 0.25) is 0 Å². The van der Waals surface area contributed by atoms with Crippen LogP contribution < -0.4 is 0 Å². The topological polar surface area (TPSA) is 0 Å². The van der Waals surface area contributed by atoms with E-state index in [4.69, 9.17) is 6.42 Å². The molecule has 0 nitrogen and oxygen atoms in total. The molecule has 1 heterocycles. The molecule has 1 heteroatoms. The van der Waals surface area contributed by atoms with E-state index in [0.29, 0.717) is 0 Å². The number of rotatable bonds is 4. The summed E-state index contributed by atoms with van der Waals surface area (Å²) in [5.74, 6) is 2.66. The Morgan fingerprint density at radius 3 is 2.83 bits per heavy atom. The maximum Gasteiger partial charge on any atom is 0.0432 e. The molecule has 0 amide bonds. The van der Waals surface area contributed by atoms with Gasteiger partial charge in [-0.25, -0.2) is 0 Å². The molecule has 1 aromatic rings. The Morgan fingerprint density at radius 2 is 2.17 bits per heavy atom. The molecule has 0 aliphatic carbocycles. The van der Waals surface area contributed by atoms with Gasteiger partial charge in [0.05, 0.1) is 0 Å². The van der Waals surface area contributed by atoms with Gasteiger partial charge in [-0.05, 0) is 25.0 Å². The molecule has 0 spiro atoms. The lowest BCUT2D eigenvalue weighted by Crippen LogP contribution is -1.76. The Hall–Kier alpha value is -0.740. The third-order valence-electron chi connectivity index (χ3n) is 1.77. The Balaban J connectivity index is 2.48. The second-order valence-corrected chi connectivity index (χ2v) is 4.11. The first-order chi connectivity index (χ1) is 5.86. The number of terminal acetylenes is 1. The van der Waals surface area contributed by atoms with Crippen LogP contribution >= 0.6 is 11.3 Å². The predicted molar refractivity (Wildman–Crippen MR) is 55.5 cm³/mol. The molecule has 0 saturated carbocycles. The van der Waals surface area contributed by atoms with Crippen molar-refractivity contribution in [2.24, 2.45) is 0 Å². The first-order valence-electron chi connectivity index (χ1n) is 4.38. The Bertz CT molecular complexity index is 265. The van der Waals surface area contributed by atoms with Gasteiger partial charge in [-0.2, -0.15) is 0 Å². The zero-order valence-corrected chi connectivity index (χ0v) is 8.29. The maximum absolute atomic E-state index is 5.23. The molecule has 0 fully saturated rings. The molecule has 12 heavy (non-hydrogen) atoms. The highest BCUT2D eigenvalue weighted by molar-refractivity contribution is 7.12. The van der Waals surface area contributed by atoms with Crippen LogP contribution in [0, 0.1) is 12.3 Å². The lowest BCUT2D eigenvalue weighted by atomic mass is 10.2. The highest BCUT2D eigenvalue weighted by Crippen LogP contribution is 2.18. The number of unbranched alkanes of at least 4 members (excludes halogenated alkanes) is 1. The van der Waals surface area contributed by atoms with Gasteiger partial charge in [0.15, 0.2) is 0 Å². The highest BCUT2D eigenvalue weighted by atomic mass is 32.1. The van der Waals surface area contributed by atoms with Gasteiger partial charge in [0.1, 0.15) is 0 Å². The van der Waals surface area contributed by atoms with Crippen molar-refractivity contribution in [1.82, 2.24) is 0 Å². The Labute approximate surface area is 78.6 Å². The maximum atomic E-state index is 5.23. The summed E-state index contributed by atoms with van der Waals surface area (Å²) < 4.78 is 0. The fraction of sp³-hybridized carbons (Fsp3) is 0.455. The van der Waals surface area contributed by atoms with Crippen molar-refractivity contribution in [2.45, 2.75) is 32.6 Å². The molecule has 0 bridgehead atoms. The third kappa shape index (κ3) is 2.71. The quantitative estimate of drug-likeness (QED) is 0.621. The smallest absolute Gasteiger partial charge is 0.0432 e. The molecule has 0 atom stereocenters. The van der Waals surface area contributed by atoms with Crippen LogP contribution in [0.3, 0.4) is 0 Å². The number of hydrogen-bond donors (Lipinski definition) is 0. The minimum absolute atomic E-state index is 0.788. The van der Waals surface area contributed by atoms with E-state index in [2.05, 4.69) is 25.0 Å². The molecule has 1 rings (SSSR count). The van der Waals surface area contributed by atoms with Crippen molar-refractivity contribution in [3.63, 3.8) is 0 Å². The SMILES string of the molecule is C#CCc1ccc(CCCC)s1. The van der Waals surface area contributed by atoms with Crippen molar-refractivity contribution in [1.29, 1.82) is 0 Å². The van der Waals surface area contributed by atoms with E-state index in [1.807, 2.05) is 11.3 Å². The normalized spacial score (nSPS) is 9.67. The first kappa shape index (κ1) is 9.35. The number of aryl methyl sites for hydroxylation is 1. The van der Waals surface area contributed by atoms with Gasteiger partial charge in [0, 0.05) is 16.2 Å². The fourth-order valence-electron chi connectivity index (χ4n) is 1.10. The summed E-state index contributed by atoms with van der Waals surface area (Å²) in [7, 11) is 0. The second-order valence-electron chi connectivity index (χ2n) is 2.85. The Kier molecular flexibility index (Phi) is 3.90. The van der Waals surface area contributed by atoms with E-state index < -0.39 is 0 Å². The molecular weight excluding hydrogens is 164 g/mol. The lowest BCUT2D eigenvalue weighted by molar-refractivity contribution is 0.804. The van der Waals surface area contributed by atoms with Crippen molar-refractivity contribution in [3.05, 3.63) is 21.9 Å². The van der Waals surface area contributed by atoms with Crippen LogP contribution in [0.4, 0.5) is 0 Å². The zero-order valence-electron chi connectivity index (χ0n) is 7.47. The summed E-state index contributed by atoms with van der Waals surface area (Å²) in [6, 6.07) is 4.35. The average molecular weight is 178 g/mol. The van der Waals surface area contributed by atoms with Crippen LogP contribution in [0.5, 0.6) is 0 Å². The predicted octanol–water partition coefficient (Wildman–Crippen LogP) is 3.27. The van der Waals surface area contributed by atoms with Crippen LogP contribution in [-0.2, 0) is 12.8 Å². The largest absolute Gasteiger partial charge is 0.144 e. The summed E-state index contributed by atoms with van der Waals surface area (Å²) in [5, 5.41) is 0. The highest BCUT2D eigenvalue weighted by Gasteiger charge is 1.97. The summed E-state index contributed by atoms with van der Waals surface area (Å²) in [6.45, 7) is 2.22. The summed E-state index contributed by atoms with van der Waals surface area (Å²) in [4.78, 5) is 2.80. The van der Waals surface area contributed by atoms with Crippen LogP contribution in [0.1, 0.15) is 29.5 Å². The molecule has 64 valence electrons. The van der Waals surface area contributed by atoms with E-state index in [1.54, 1.807) is 0 Å². The molecular formula is C11H14S. The van der Waals surface area contributed by atoms with E-state index in [1.165, 1.54) is 29.0 Å². The summed E-state index contributed by atoms with van der Waals surface area (Å²) in [5.41, 5.74) is 0. The molecule has 0 unspecified atom stereocenters. The average Bonchev–Trinajstić information content (AvgIpc) is 2.50. The van der Waals surface area contributed by atoms with E-state index in [0.717, 1.165) is 6.42 Å². The standard InChI is InChI=1S/C11H14S/c1-3-5-7-11-9-8-10(12-11)6-4-2/h2,8-9H,3,5-7H2,1H3. The van der Waals surface area contributed by atoms with Gasteiger partial charge in [-0.15, -0.1) is 23.7 Å². The lowest BCUT2D eigenvalue weighted by Gasteiger charge is -1.91. The minimum atomic E-state index is 0.788. The number of thiophene rings is 1. The Morgan fingerprint density at radius 1 is 1.42 bits per heavy atom. The van der Waals surface area contributed by atoms with Crippen LogP contribution in [-0.4, -0.2) is 0 Å². The van der Waals surface area contributed by atoms with Crippen molar-refractivity contribution < 1.29 is 0 Å². The molecule has 0 radical (unpaired) electrons. The van der Waals surface area contributed by atoms with Crippen LogP contribution in [0.25, 0.3) is 0 Å².